The van der Waals surface area contributed by atoms with Gasteiger partial charge >= 0.3 is 0 Å². The van der Waals surface area contributed by atoms with E-state index in [1.807, 2.05) is 12.1 Å². The topological polar surface area (TPSA) is 107 Å². The average Bonchev–Trinajstić information content (AvgIpc) is 3.15. The molecular weight excluding hydrogens is 375 g/mol. The fourth-order valence-corrected chi connectivity index (χ4v) is 4.36. The first kappa shape index (κ1) is 18.2. The molecule has 1 saturated carbocycles. The van der Waals surface area contributed by atoms with Gasteiger partial charge in [-0.25, -0.2) is 9.45 Å². The number of nitrogens with two attached hydrogens (primary N) is 1. The van der Waals surface area contributed by atoms with Gasteiger partial charge in [-0.2, -0.15) is 0 Å². The predicted molar refractivity (Wildman–Crippen MR) is 104 cm³/mol. The van der Waals surface area contributed by atoms with Crippen LogP contribution in [0.1, 0.15) is 5.69 Å². The second-order valence-corrected chi connectivity index (χ2v) is 7.78. The molecule has 3 aliphatic rings. The number of nitrogens with one attached hydrogen (secondary N) is 1. The van der Waals surface area contributed by atoms with E-state index in [1.165, 1.54) is 24.5 Å². The summed E-state index contributed by atoms with van der Waals surface area (Å²) in [5.74, 6) is 0.113. The number of rotatable bonds is 5. The predicted octanol–water partition coefficient (Wildman–Crippen LogP) is 0.822. The Labute approximate surface area is 166 Å². The van der Waals surface area contributed by atoms with Gasteiger partial charge in [0.1, 0.15) is 5.82 Å². The summed E-state index contributed by atoms with van der Waals surface area (Å²) in [6.07, 6.45) is 2.21. The third-order valence-corrected chi connectivity index (χ3v) is 5.92. The van der Waals surface area contributed by atoms with Gasteiger partial charge in [-0.15, -0.1) is 0 Å². The maximum Gasteiger partial charge on any atom is 0.251 e. The number of amides is 1. The smallest absolute Gasteiger partial charge is 0.251 e. The molecule has 2 aromatic rings. The quantitative estimate of drug-likeness (QED) is 0.691. The summed E-state index contributed by atoms with van der Waals surface area (Å²) >= 11 is 0. The molecule has 1 aliphatic carbocycles. The molecule has 2 aliphatic heterocycles. The number of aliphatic imine (C=N–C) groups is 1. The van der Waals surface area contributed by atoms with E-state index < -0.39 is 12.2 Å². The van der Waals surface area contributed by atoms with E-state index in [9.17, 15) is 14.4 Å². The van der Waals surface area contributed by atoms with Gasteiger partial charge in [-0.1, -0.05) is 6.07 Å². The van der Waals surface area contributed by atoms with Crippen molar-refractivity contribution in [2.45, 2.75) is 18.9 Å². The van der Waals surface area contributed by atoms with Crippen LogP contribution in [0.15, 0.2) is 47.1 Å². The van der Waals surface area contributed by atoms with Gasteiger partial charge in [0.15, 0.2) is 0 Å². The molecule has 9 heteroatoms. The van der Waals surface area contributed by atoms with Crippen molar-refractivity contribution >= 4 is 23.0 Å². The molecule has 4 N–H and O–H groups in total. The van der Waals surface area contributed by atoms with Crippen LogP contribution >= 0.6 is 0 Å². The van der Waals surface area contributed by atoms with Crippen LogP contribution in [0.3, 0.4) is 0 Å². The lowest BCUT2D eigenvalue weighted by Crippen LogP contribution is -2.46. The molecule has 150 valence electrons. The summed E-state index contributed by atoms with van der Waals surface area (Å²) in [6, 6.07) is 8.82. The molecule has 1 aromatic carbocycles. The highest BCUT2D eigenvalue weighted by Crippen LogP contribution is 2.46. The molecule has 1 amide bonds. The monoisotopic (exact) mass is 396 g/mol. The number of aromatic nitrogens is 1. The number of carbonyl (C=O) groups is 1. The van der Waals surface area contributed by atoms with Crippen molar-refractivity contribution in [3.8, 4) is 0 Å². The number of halogens is 1. The molecule has 3 atom stereocenters. The molecule has 3 heterocycles. The SMILES string of the molecule is NC(=O)C1=CN(O)C(N2CC3C(C2)C3NCc2ccc3cc(F)ccc3n2)N=C1. The number of pyridine rings is 1. The molecule has 2 fully saturated rings. The molecule has 1 aromatic heterocycles. The maximum atomic E-state index is 13.3. The lowest BCUT2D eigenvalue weighted by Gasteiger charge is -2.33. The summed E-state index contributed by atoms with van der Waals surface area (Å²) < 4.78 is 13.3. The summed E-state index contributed by atoms with van der Waals surface area (Å²) in [6.45, 7) is 2.28. The number of hydroxylamine groups is 2. The molecule has 0 bridgehead atoms. The highest BCUT2D eigenvalue weighted by atomic mass is 19.1. The Hall–Kier alpha value is -2.88. The molecule has 5 rings (SSSR count). The normalized spacial score (nSPS) is 28.5. The second-order valence-electron chi connectivity index (χ2n) is 7.78. The first-order valence-corrected chi connectivity index (χ1v) is 9.54. The number of nitrogens with zero attached hydrogens (tertiary/aromatic N) is 4. The highest BCUT2D eigenvalue weighted by Gasteiger charge is 2.57. The number of primary amides is 1. The Morgan fingerprint density at radius 3 is 2.79 bits per heavy atom. The fraction of sp³-hybridized carbons (Fsp3) is 0.350. The zero-order chi connectivity index (χ0) is 20.1. The molecule has 1 saturated heterocycles. The van der Waals surface area contributed by atoms with Crippen molar-refractivity contribution < 1.29 is 14.4 Å². The van der Waals surface area contributed by atoms with E-state index in [1.54, 1.807) is 6.07 Å². The van der Waals surface area contributed by atoms with Crippen LogP contribution in [-0.4, -0.2) is 57.7 Å². The number of fused-ring (bicyclic) bond motifs is 2. The largest absolute Gasteiger partial charge is 0.366 e. The number of likely N-dealkylation sites (tertiary alicyclic amines) is 1. The molecular formula is C20H21FN6O2. The summed E-state index contributed by atoms with van der Waals surface area (Å²) in [5.41, 5.74) is 7.10. The maximum absolute atomic E-state index is 13.3. The van der Waals surface area contributed by atoms with Gasteiger partial charge in [-0.05, 0) is 36.1 Å². The zero-order valence-corrected chi connectivity index (χ0v) is 15.6. The average molecular weight is 396 g/mol. The van der Waals surface area contributed by atoms with Gasteiger partial charge < -0.3 is 11.1 Å². The lowest BCUT2D eigenvalue weighted by atomic mass is 10.2. The number of hydrogen-bond donors (Lipinski definition) is 3. The number of carbonyl (C=O) groups excluding carboxylic acids is 1. The van der Waals surface area contributed by atoms with Crippen LogP contribution in [0.25, 0.3) is 10.9 Å². The minimum atomic E-state index is -0.618. The fourth-order valence-electron chi connectivity index (χ4n) is 4.36. The second kappa shape index (κ2) is 6.87. The molecule has 0 radical (unpaired) electrons. The van der Waals surface area contributed by atoms with Crippen LogP contribution in [0.2, 0.25) is 0 Å². The van der Waals surface area contributed by atoms with Gasteiger partial charge in [0.05, 0.1) is 16.8 Å². The van der Waals surface area contributed by atoms with Crippen molar-refractivity contribution in [1.29, 1.82) is 0 Å². The van der Waals surface area contributed by atoms with Crippen molar-refractivity contribution in [3.05, 3.63) is 53.6 Å². The first-order valence-electron chi connectivity index (χ1n) is 9.54. The van der Waals surface area contributed by atoms with Crippen LogP contribution in [0, 0.1) is 17.7 Å². The first-order chi connectivity index (χ1) is 14.0. The molecule has 8 nitrogen and oxygen atoms in total. The van der Waals surface area contributed by atoms with Crippen LogP contribution in [-0.2, 0) is 11.3 Å². The van der Waals surface area contributed by atoms with E-state index in [4.69, 9.17) is 5.73 Å². The number of benzene rings is 1. The van der Waals surface area contributed by atoms with E-state index in [2.05, 4.69) is 20.2 Å². The van der Waals surface area contributed by atoms with E-state index >= 15 is 0 Å². The van der Waals surface area contributed by atoms with Gasteiger partial charge in [0.25, 0.3) is 5.91 Å². The molecule has 0 spiro atoms. The van der Waals surface area contributed by atoms with E-state index in [0.29, 0.717) is 24.4 Å². The Balaban J connectivity index is 1.15. The highest BCUT2D eigenvalue weighted by molar-refractivity contribution is 6.11. The standard InChI is InChI=1S/C20H21FN6O2/c21-13-2-4-17-11(5-13)1-3-14(25-17)7-23-18-15-9-26(10-16(15)18)20-24-6-12(19(22)28)8-27(20)29/h1-6,8,15-16,18,20,23,29H,7,9-10H2,(H2,22,28). The van der Waals surface area contributed by atoms with Gasteiger partial charge in [0, 0.05) is 43.5 Å². The van der Waals surface area contributed by atoms with Crippen LogP contribution in [0.4, 0.5) is 4.39 Å². The summed E-state index contributed by atoms with van der Waals surface area (Å²) in [7, 11) is 0. The number of piperidine rings is 1. The minimum absolute atomic E-state index is 0.179. The zero-order valence-electron chi connectivity index (χ0n) is 15.6. The third-order valence-electron chi connectivity index (χ3n) is 5.92. The summed E-state index contributed by atoms with van der Waals surface area (Å²) in [5, 5.41) is 15.4. The van der Waals surface area contributed by atoms with E-state index in [-0.39, 0.29) is 11.4 Å². The van der Waals surface area contributed by atoms with E-state index in [0.717, 1.165) is 34.7 Å². The molecule has 29 heavy (non-hydrogen) atoms. The third kappa shape index (κ3) is 3.37. The van der Waals surface area contributed by atoms with Gasteiger partial charge in [0.2, 0.25) is 6.29 Å². The van der Waals surface area contributed by atoms with Crippen LogP contribution < -0.4 is 11.1 Å². The molecule has 3 unspecified atom stereocenters. The Bertz CT molecular complexity index is 1030. The Morgan fingerprint density at radius 1 is 1.28 bits per heavy atom. The van der Waals surface area contributed by atoms with Crippen molar-refractivity contribution in [2.24, 2.45) is 22.6 Å². The minimum Gasteiger partial charge on any atom is -0.366 e. The van der Waals surface area contributed by atoms with Crippen molar-refractivity contribution in [2.75, 3.05) is 13.1 Å². The number of hydrogen-bond acceptors (Lipinski definition) is 7. The van der Waals surface area contributed by atoms with Crippen LogP contribution in [0.5, 0.6) is 0 Å². The summed E-state index contributed by atoms with van der Waals surface area (Å²) in [4.78, 5) is 22.1. The van der Waals surface area contributed by atoms with Gasteiger partial charge in [-0.3, -0.25) is 24.9 Å². The van der Waals surface area contributed by atoms with Crippen molar-refractivity contribution in [1.82, 2.24) is 20.3 Å². The van der Waals surface area contributed by atoms with Crippen molar-refractivity contribution in [3.63, 3.8) is 0 Å². The Morgan fingerprint density at radius 2 is 2.07 bits per heavy atom. The Kier molecular flexibility index (Phi) is 4.30. The lowest BCUT2D eigenvalue weighted by molar-refractivity contribution is -0.130.